The zero-order valence-corrected chi connectivity index (χ0v) is 15.7. The van der Waals surface area contributed by atoms with Gasteiger partial charge in [0.05, 0.1) is 5.56 Å². The fraction of sp³-hybridized carbons (Fsp3) is 0.579. The Morgan fingerprint density at radius 2 is 1.96 bits per heavy atom. The van der Waals surface area contributed by atoms with Gasteiger partial charge in [-0.25, -0.2) is 0 Å². The minimum atomic E-state index is -0.0657. The molecule has 1 saturated carbocycles. The number of halogens is 1. The summed E-state index contributed by atoms with van der Waals surface area (Å²) in [6.45, 7) is 2.35. The number of hydrogen-bond acceptors (Lipinski definition) is 3. The molecule has 0 unspecified atom stereocenters. The van der Waals surface area contributed by atoms with E-state index in [-0.39, 0.29) is 18.3 Å². The van der Waals surface area contributed by atoms with Crippen molar-refractivity contribution in [1.82, 2.24) is 4.90 Å². The SMILES string of the molecule is CC(=O)c1cc(Br)ccc1OCC(=O)N1CCC[C@H]2CCCC[C@H]21. The molecule has 130 valence electrons. The summed E-state index contributed by atoms with van der Waals surface area (Å²) in [6.07, 6.45) is 7.21. The molecule has 2 aliphatic rings. The number of amides is 1. The van der Waals surface area contributed by atoms with E-state index < -0.39 is 0 Å². The highest BCUT2D eigenvalue weighted by atomic mass is 79.9. The van der Waals surface area contributed by atoms with Crippen molar-refractivity contribution in [2.24, 2.45) is 5.92 Å². The third kappa shape index (κ3) is 3.82. The maximum atomic E-state index is 12.7. The Morgan fingerprint density at radius 3 is 2.75 bits per heavy atom. The van der Waals surface area contributed by atoms with Crippen LogP contribution < -0.4 is 4.74 Å². The standard InChI is InChI=1S/C19H24BrNO3/c1-13(22)16-11-15(20)8-9-18(16)24-12-19(23)21-10-4-6-14-5-2-3-7-17(14)21/h8-9,11,14,17H,2-7,10,12H2,1H3/t14-,17-/m1/s1. The van der Waals surface area contributed by atoms with Gasteiger partial charge < -0.3 is 9.64 Å². The second kappa shape index (κ2) is 7.68. The molecule has 0 aromatic heterocycles. The van der Waals surface area contributed by atoms with Gasteiger partial charge in [0.2, 0.25) is 0 Å². The smallest absolute Gasteiger partial charge is 0.260 e. The molecule has 1 aromatic rings. The number of benzene rings is 1. The molecule has 1 aliphatic carbocycles. The molecule has 2 fully saturated rings. The van der Waals surface area contributed by atoms with Crippen LogP contribution in [0.25, 0.3) is 0 Å². The van der Waals surface area contributed by atoms with Crippen LogP contribution in [0.15, 0.2) is 22.7 Å². The molecular weight excluding hydrogens is 370 g/mol. The van der Waals surface area contributed by atoms with Crippen LogP contribution in [0.4, 0.5) is 0 Å². The number of carbonyl (C=O) groups excluding carboxylic acids is 2. The molecule has 1 saturated heterocycles. The molecule has 0 bridgehead atoms. The molecule has 0 N–H and O–H groups in total. The van der Waals surface area contributed by atoms with Crippen molar-refractivity contribution >= 4 is 27.6 Å². The number of rotatable bonds is 4. The number of ketones is 1. The van der Waals surface area contributed by atoms with Crippen LogP contribution in [-0.4, -0.2) is 35.8 Å². The third-order valence-electron chi connectivity index (χ3n) is 5.24. The first-order chi connectivity index (χ1) is 11.6. The fourth-order valence-electron chi connectivity index (χ4n) is 4.06. The van der Waals surface area contributed by atoms with Gasteiger partial charge in [-0.15, -0.1) is 0 Å². The zero-order chi connectivity index (χ0) is 17.1. The first-order valence-electron chi connectivity index (χ1n) is 8.79. The number of fused-ring (bicyclic) bond motifs is 1. The molecule has 0 spiro atoms. The summed E-state index contributed by atoms with van der Waals surface area (Å²) in [5, 5.41) is 0. The van der Waals surface area contributed by atoms with Gasteiger partial charge in [0.15, 0.2) is 12.4 Å². The second-order valence-electron chi connectivity index (χ2n) is 6.83. The van der Waals surface area contributed by atoms with E-state index >= 15 is 0 Å². The molecule has 1 heterocycles. The van der Waals surface area contributed by atoms with E-state index in [1.165, 1.54) is 32.6 Å². The molecule has 1 aromatic carbocycles. The number of Topliss-reactive ketones (excluding diaryl/α,β-unsaturated/α-hetero) is 1. The van der Waals surface area contributed by atoms with Crippen LogP contribution >= 0.6 is 15.9 Å². The molecule has 24 heavy (non-hydrogen) atoms. The Labute approximate surface area is 151 Å². The predicted molar refractivity (Wildman–Crippen MR) is 96.3 cm³/mol. The second-order valence-corrected chi connectivity index (χ2v) is 7.74. The summed E-state index contributed by atoms with van der Waals surface area (Å²) < 4.78 is 6.54. The Kier molecular flexibility index (Phi) is 5.59. The van der Waals surface area contributed by atoms with Gasteiger partial charge in [0.25, 0.3) is 5.91 Å². The normalized spacial score (nSPS) is 23.5. The number of piperidine rings is 1. The third-order valence-corrected chi connectivity index (χ3v) is 5.73. The summed E-state index contributed by atoms with van der Waals surface area (Å²) in [4.78, 5) is 26.5. The zero-order valence-electron chi connectivity index (χ0n) is 14.1. The van der Waals surface area contributed by atoms with E-state index in [4.69, 9.17) is 4.74 Å². The van der Waals surface area contributed by atoms with E-state index in [0.717, 1.165) is 23.9 Å². The van der Waals surface area contributed by atoms with E-state index in [0.29, 0.717) is 23.3 Å². The van der Waals surface area contributed by atoms with Crippen molar-refractivity contribution in [2.45, 2.75) is 51.5 Å². The summed E-state index contributed by atoms with van der Waals surface area (Å²) in [6, 6.07) is 5.69. The van der Waals surface area contributed by atoms with Crippen molar-refractivity contribution in [3.8, 4) is 5.75 Å². The number of hydrogen-bond donors (Lipinski definition) is 0. The van der Waals surface area contributed by atoms with Gasteiger partial charge in [-0.2, -0.15) is 0 Å². The predicted octanol–water partition coefficient (Wildman–Crippen LogP) is 4.21. The van der Waals surface area contributed by atoms with Crippen LogP contribution in [0.2, 0.25) is 0 Å². The quantitative estimate of drug-likeness (QED) is 0.719. The van der Waals surface area contributed by atoms with E-state index in [9.17, 15) is 9.59 Å². The Morgan fingerprint density at radius 1 is 1.21 bits per heavy atom. The van der Waals surface area contributed by atoms with Crippen molar-refractivity contribution in [1.29, 1.82) is 0 Å². The summed E-state index contributed by atoms with van der Waals surface area (Å²) in [5.74, 6) is 1.13. The molecule has 5 heteroatoms. The van der Waals surface area contributed by atoms with Crippen LogP contribution in [-0.2, 0) is 4.79 Å². The molecule has 4 nitrogen and oxygen atoms in total. The molecule has 0 radical (unpaired) electrons. The highest BCUT2D eigenvalue weighted by Crippen LogP contribution is 2.35. The fourth-order valence-corrected chi connectivity index (χ4v) is 4.42. The number of nitrogens with zero attached hydrogens (tertiary/aromatic N) is 1. The summed E-state index contributed by atoms with van der Waals surface area (Å²) in [7, 11) is 0. The monoisotopic (exact) mass is 393 g/mol. The Hall–Kier alpha value is -1.36. The van der Waals surface area contributed by atoms with Crippen LogP contribution in [0.5, 0.6) is 5.75 Å². The van der Waals surface area contributed by atoms with Gasteiger partial charge in [-0.1, -0.05) is 28.8 Å². The van der Waals surface area contributed by atoms with E-state index in [1.807, 2.05) is 11.0 Å². The minimum absolute atomic E-state index is 0.00509. The number of carbonyl (C=O) groups is 2. The van der Waals surface area contributed by atoms with Crippen molar-refractivity contribution in [2.75, 3.05) is 13.2 Å². The van der Waals surface area contributed by atoms with E-state index in [1.54, 1.807) is 12.1 Å². The van der Waals surface area contributed by atoms with Crippen LogP contribution in [0.3, 0.4) is 0 Å². The van der Waals surface area contributed by atoms with E-state index in [2.05, 4.69) is 15.9 Å². The van der Waals surface area contributed by atoms with Crippen molar-refractivity contribution in [3.63, 3.8) is 0 Å². The molecule has 1 amide bonds. The number of ether oxygens (including phenoxy) is 1. The largest absolute Gasteiger partial charge is 0.483 e. The maximum Gasteiger partial charge on any atom is 0.260 e. The first kappa shape index (κ1) is 17.5. The molecule has 3 rings (SSSR count). The maximum absolute atomic E-state index is 12.7. The van der Waals surface area contributed by atoms with Crippen molar-refractivity contribution < 1.29 is 14.3 Å². The van der Waals surface area contributed by atoms with Gasteiger partial charge in [0, 0.05) is 17.1 Å². The highest BCUT2D eigenvalue weighted by molar-refractivity contribution is 9.10. The lowest BCUT2D eigenvalue weighted by atomic mass is 9.78. The van der Waals surface area contributed by atoms with Crippen molar-refractivity contribution in [3.05, 3.63) is 28.2 Å². The highest BCUT2D eigenvalue weighted by Gasteiger charge is 2.35. The molecule has 2 atom stereocenters. The average molecular weight is 394 g/mol. The van der Waals surface area contributed by atoms with Gasteiger partial charge >= 0.3 is 0 Å². The average Bonchev–Trinajstić information content (AvgIpc) is 2.59. The Bertz CT molecular complexity index is 629. The van der Waals surface area contributed by atoms with Crippen LogP contribution in [0, 0.1) is 5.92 Å². The summed E-state index contributed by atoms with van der Waals surface area (Å²) in [5.41, 5.74) is 0.506. The summed E-state index contributed by atoms with van der Waals surface area (Å²) >= 11 is 3.36. The topological polar surface area (TPSA) is 46.6 Å². The lowest BCUT2D eigenvalue weighted by molar-refractivity contribution is -0.139. The van der Waals surface area contributed by atoms with Gasteiger partial charge in [-0.05, 0) is 56.7 Å². The van der Waals surface area contributed by atoms with Crippen LogP contribution in [0.1, 0.15) is 55.8 Å². The number of likely N-dealkylation sites (tertiary alicyclic amines) is 1. The van der Waals surface area contributed by atoms with Gasteiger partial charge in [-0.3, -0.25) is 9.59 Å². The molecule has 1 aliphatic heterocycles. The first-order valence-corrected chi connectivity index (χ1v) is 9.58. The van der Waals surface area contributed by atoms with Gasteiger partial charge in [0.1, 0.15) is 5.75 Å². The molecular formula is C19H24BrNO3. The lowest BCUT2D eigenvalue weighted by Crippen LogP contribution is -2.51. The lowest BCUT2D eigenvalue weighted by Gasteiger charge is -2.44. The minimum Gasteiger partial charge on any atom is -0.483 e. The Balaban J connectivity index is 1.66.